The molecule has 0 unspecified atom stereocenters. The molecule has 5 rings (SSSR count). The quantitative estimate of drug-likeness (QED) is 0.622. The van der Waals surface area contributed by atoms with Crippen LogP contribution in [0, 0.1) is 5.82 Å². The highest BCUT2D eigenvalue weighted by atomic mass is 19.1. The zero-order valence-electron chi connectivity index (χ0n) is 17.8. The summed E-state index contributed by atoms with van der Waals surface area (Å²) in [5, 5.41) is 10.9. The average Bonchev–Trinajstić information content (AvgIpc) is 3.13. The molecule has 2 aliphatic rings. The average molecular weight is 432 g/mol. The van der Waals surface area contributed by atoms with Crippen molar-refractivity contribution in [2.75, 3.05) is 19.7 Å². The topological polar surface area (TPSA) is 49.8 Å². The summed E-state index contributed by atoms with van der Waals surface area (Å²) in [6.07, 6.45) is 0.676. The van der Waals surface area contributed by atoms with Gasteiger partial charge >= 0.3 is 6.09 Å². The minimum atomic E-state index is -1.01. The number of carbonyl (C=O) groups is 1. The highest BCUT2D eigenvalue weighted by Crippen LogP contribution is 2.44. The molecule has 1 heterocycles. The first-order valence-corrected chi connectivity index (χ1v) is 11.1. The van der Waals surface area contributed by atoms with Gasteiger partial charge < -0.3 is 14.7 Å². The van der Waals surface area contributed by atoms with Gasteiger partial charge in [0.1, 0.15) is 12.4 Å². The van der Waals surface area contributed by atoms with E-state index in [4.69, 9.17) is 4.74 Å². The summed E-state index contributed by atoms with van der Waals surface area (Å²) in [6, 6.07) is 23.0. The largest absolute Gasteiger partial charge is 0.448 e. The minimum Gasteiger partial charge on any atom is -0.448 e. The normalized spacial score (nSPS) is 17.0. The number of hydrogen-bond acceptors (Lipinski definition) is 3. The molecule has 1 N–H and O–H groups in total. The van der Waals surface area contributed by atoms with Crippen LogP contribution in [0.3, 0.4) is 0 Å². The van der Waals surface area contributed by atoms with Crippen molar-refractivity contribution in [3.8, 4) is 11.1 Å². The fraction of sp³-hybridized carbons (Fsp3) is 0.296. The molecule has 5 heteroatoms. The maximum atomic E-state index is 14.0. The number of nitrogens with zero attached hydrogens (tertiary/aromatic N) is 1. The van der Waals surface area contributed by atoms with Crippen LogP contribution in [0.15, 0.2) is 72.8 Å². The maximum absolute atomic E-state index is 14.0. The summed E-state index contributed by atoms with van der Waals surface area (Å²) in [5.41, 5.74) is 4.24. The molecule has 1 aliphatic carbocycles. The predicted molar refractivity (Wildman–Crippen MR) is 121 cm³/mol. The molecule has 3 aromatic rings. The van der Waals surface area contributed by atoms with Gasteiger partial charge in [-0.15, -0.1) is 0 Å². The van der Waals surface area contributed by atoms with Gasteiger partial charge in [0, 0.05) is 25.4 Å². The van der Waals surface area contributed by atoms with Gasteiger partial charge in [-0.05, 0) is 46.7 Å². The molecular weight excluding hydrogens is 405 g/mol. The summed E-state index contributed by atoms with van der Waals surface area (Å²) in [5.74, 6) is -0.283. The number of halogens is 1. The van der Waals surface area contributed by atoms with E-state index >= 15 is 0 Å². The van der Waals surface area contributed by atoms with Crippen LogP contribution in [0.25, 0.3) is 11.1 Å². The predicted octanol–water partition coefficient (Wildman–Crippen LogP) is 5.14. The monoisotopic (exact) mass is 431 g/mol. The van der Waals surface area contributed by atoms with E-state index in [1.807, 2.05) is 24.3 Å². The number of fused-ring (bicyclic) bond motifs is 3. The molecule has 1 fully saturated rings. The Morgan fingerprint density at radius 2 is 1.50 bits per heavy atom. The van der Waals surface area contributed by atoms with E-state index in [0.29, 0.717) is 31.5 Å². The van der Waals surface area contributed by atoms with Gasteiger partial charge in [-0.2, -0.15) is 0 Å². The Labute approximate surface area is 187 Å². The standard InChI is InChI=1S/C27H26FNO3/c28-25-12-6-1-7-19(25)17-27(31)13-15-29(16-14-27)26(30)32-18-24-22-10-4-2-8-20(22)21-9-3-5-11-23(21)24/h1-12,24,31H,13-18H2. The van der Waals surface area contributed by atoms with Crippen molar-refractivity contribution < 1.29 is 19.0 Å². The molecule has 32 heavy (non-hydrogen) atoms. The molecule has 4 nitrogen and oxygen atoms in total. The molecule has 1 amide bonds. The number of piperidine rings is 1. The minimum absolute atomic E-state index is 0.0223. The lowest BCUT2D eigenvalue weighted by atomic mass is 9.85. The second-order valence-corrected chi connectivity index (χ2v) is 8.78. The first-order valence-electron chi connectivity index (χ1n) is 11.1. The zero-order chi connectivity index (χ0) is 22.1. The van der Waals surface area contributed by atoms with E-state index in [-0.39, 0.29) is 30.9 Å². The molecule has 0 radical (unpaired) electrons. The zero-order valence-corrected chi connectivity index (χ0v) is 17.8. The third-order valence-corrected chi connectivity index (χ3v) is 6.77. The van der Waals surface area contributed by atoms with Gasteiger partial charge in [0.2, 0.25) is 0 Å². The van der Waals surface area contributed by atoms with Gasteiger partial charge in [-0.1, -0.05) is 66.7 Å². The van der Waals surface area contributed by atoms with Crippen molar-refractivity contribution in [1.82, 2.24) is 4.90 Å². The second kappa shape index (κ2) is 8.40. The lowest BCUT2D eigenvalue weighted by molar-refractivity contribution is -0.0206. The van der Waals surface area contributed by atoms with Gasteiger partial charge in [0.25, 0.3) is 0 Å². The number of hydrogen-bond donors (Lipinski definition) is 1. The third-order valence-electron chi connectivity index (χ3n) is 6.77. The number of likely N-dealkylation sites (tertiary alicyclic amines) is 1. The van der Waals surface area contributed by atoms with Gasteiger partial charge in [0.05, 0.1) is 5.60 Å². The maximum Gasteiger partial charge on any atom is 0.409 e. The fourth-order valence-electron chi connectivity index (χ4n) is 4.96. The Morgan fingerprint density at radius 1 is 0.938 bits per heavy atom. The van der Waals surface area contributed by atoms with E-state index in [0.717, 1.165) is 0 Å². The fourth-order valence-corrected chi connectivity index (χ4v) is 4.96. The first-order chi connectivity index (χ1) is 15.5. The number of carbonyl (C=O) groups excluding carboxylic acids is 1. The van der Waals surface area contributed by atoms with E-state index < -0.39 is 5.60 Å². The van der Waals surface area contributed by atoms with Crippen molar-refractivity contribution in [3.63, 3.8) is 0 Å². The van der Waals surface area contributed by atoms with Gasteiger partial charge in [-0.25, -0.2) is 9.18 Å². The molecule has 0 atom stereocenters. The van der Waals surface area contributed by atoms with E-state index in [1.54, 1.807) is 23.1 Å². The van der Waals surface area contributed by atoms with Crippen LogP contribution in [-0.2, 0) is 11.2 Å². The first kappa shape index (κ1) is 20.7. The van der Waals surface area contributed by atoms with E-state index in [9.17, 15) is 14.3 Å². The van der Waals surface area contributed by atoms with Gasteiger partial charge in [-0.3, -0.25) is 0 Å². The number of aliphatic hydroxyl groups is 1. The Balaban J connectivity index is 1.21. The molecule has 164 valence electrons. The highest BCUT2D eigenvalue weighted by Gasteiger charge is 2.36. The second-order valence-electron chi connectivity index (χ2n) is 8.78. The van der Waals surface area contributed by atoms with Crippen LogP contribution >= 0.6 is 0 Å². The Bertz CT molecular complexity index is 1090. The van der Waals surface area contributed by atoms with Crippen molar-refractivity contribution >= 4 is 6.09 Å². The van der Waals surface area contributed by atoms with Crippen LogP contribution in [0.5, 0.6) is 0 Å². The molecule has 1 saturated heterocycles. The Kier molecular flexibility index (Phi) is 5.43. The Hall–Kier alpha value is -3.18. The number of amides is 1. The van der Waals surface area contributed by atoms with Crippen molar-refractivity contribution in [3.05, 3.63) is 95.3 Å². The molecule has 0 spiro atoms. The Morgan fingerprint density at radius 3 is 2.12 bits per heavy atom. The molecule has 0 aromatic heterocycles. The SMILES string of the molecule is O=C(OCC1c2ccccc2-c2ccccc21)N1CCC(O)(Cc2ccccc2F)CC1. The van der Waals surface area contributed by atoms with Crippen molar-refractivity contribution in [1.29, 1.82) is 0 Å². The van der Waals surface area contributed by atoms with Crippen LogP contribution in [-0.4, -0.2) is 41.4 Å². The molecular formula is C27H26FNO3. The van der Waals surface area contributed by atoms with Crippen LogP contribution in [0.4, 0.5) is 9.18 Å². The molecule has 0 bridgehead atoms. The number of rotatable bonds is 4. The lowest BCUT2D eigenvalue weighted by Gasteiger charge is -2.38. The number of ether oxygens (including phenoxy) is 1. The highest BCUT2D eigenvalue weighted by molar-refractivity contribution is 5.79. The van der Waals surface area contributed by atoms with E-state index in [1.165, 1.54) is 28.3 Å². The van der Waals surface area contributed by atoms with Crippen LogP contribution in [0.2, 0.25) is 0 Å². The smallest absolute Gasteiger partial charge is 0.409 e. The summed E-state index contributed by atoms with van der Waals surface area (Å²) < 4.78 is 19.7. The van der Waals surface area contributed by atoms with Crippen molar-refractivity contribution in [2.24, 2.45) is 0 Å². The number of benzene rings is 3. The summed E-state index contributed by atoms with van der Waals surface area (Å²) >= 11 is 0. The molecule has 0 saturated carbocycles. The third kappa shape index (κ3) is 3.89. The lowest BCUT2D eigenvalue weighted by Crippen LogP contribution is -2.48. The summed E-state index contributed by atoms with van der Waals surface area (Å²) in [6.45, 7) is 1.06. The van der Waals surface area contributed by atoms with Gasteiger partial charge in [0.15, 0.2) is 0 Å². The van der Waals surface area contributed by atoms with Crippen molar-refractivity contribution in [2.45, 2.75) is 30.8 Å². The summed E-state index contributed by atoms with van der Waals surface area (Å²) in [4.78, 5) is 14.4. The summed E-state index contributed by atoms with van der Waals surface area (Å²) in [7, 11) is 0. The molecule has 3 aromatic carbocycles. The molecule has 1 aliphatic heterocycles. The van der Waals surface area contributed by atoms with E-state index in [2.05, 4.69) is 24.3 Å². The van der Waals surface area contributed by atoms with Crippen LogP contribution < -0.4 is 0 Å². The van der Waals surface area contributed by atoms with Crippen LogP contribution in [0.1, 0.15) is 35.4 Å².